The maximum absolute atomic E-state index is 12.1. The lowest BCUT2D eigenvalue weighted by Crippen LogP contribution is -2.39. The molecule has 18 heavy (non-hydrogen) atoms. The average molecular weight is 256 g/mol. The van der Waals surface area contributed by atoms with Gasteiger partial charge in [0.25, 0.3) is 0 Å². The summed E-state index contributed by atoms with van der Waals surface area (Å²) >= 11 is 0. The zero-order chi connectivity index (χ0) is 13.5. The number of methoxy groups -OCH3 is 1. The molecule has 0 aromatic carbocycles. The van der Waals surface area contributed by atoms with Crippen molar-refractivity contribution < 1.29 is 14.3 Å². The van der Waals surface area contributed by atoms with Crippen LogP contribution in [0.25, 0.3) is 0 Å². The van der Waals surface area contributed by atoms with Crippen molar-refractivity contribution in [1.29, 1.82) is 0 Å². The van der Waals surface area contributed by atoms with Gasteiger partial charge in [-0.1, -0.05) is 6.42 Å². The first-order valence-electron chi connectivity index (χ1n) is 6.62. The summed E-state index contributed by atoms with van der Waals surface area (Å²) in [6.45, 7) is 0.597. The average Bonchev–Trinajstić information content (AvgIpc) is 2.37. The van der Waals surface area contributed by atoms with E-state index in [0.717, 1.165) is 25.7 Å². The Hall–Kier alpha value is -1.10. The van der Waals surface area contributed by atoms with E-state index in [0.29, 0.717) is 19.4 Å². The van der Waals surface area contributed by atoms with Gasteiger partial charge in [0.1, 0.15) is 0 Å². The molecule has 0 aliphatic heterocycles. The summed E-state index contributed by atoms with van der Waals surface area (Å²) in [5.41, 5.74) is 5.89. The molecule has 2 N–H and O–H groups in total. The van der Waals surface area contributed by atoms with Gasteiger partial charge in [0.05, 0.1) is 7.11 Å². The highest BCUT2D eigenvalue weighted by atomic mass is 16.5. The first-order valence-corrected chi connectivity index (χ1v) is 6.62. The number of rotatable bonds is 5. The van der Waals surface area contributed by atoms with Crippen molar-refractivity contribution in [1.82, 2.24) is 4.90 Å². The first-order chi connectivity index (χ1) is 8.54. The van der Waals surface area contributed by atoms with Crippen LogP contribution in [0.3, 0.4) is 0 Å². The molecule has 1 rings (SSSR count). The van der Waals surface area contributed by atoms with Gasteiger partial charge in [-0.25, -0.2) is 0 Å². The number of nitrogens with zero attached hydrogens (tertiary/aromatic N) is 1. The van der Waals surface area contributed by atoms with Crippen LogP contribution in [0, 0.1) is 5.92 Å². The van der Waals surface area contributed by atoms with Crippen molar-refractivity contribution in [3.8, 4) is 0 Å². The summed E-state index contributed by atoms with van der Waals surface area (Å²) in [4.78, 5) is 24.8. The molecule has 1 saturated carbocycles. The Balaban J connectivity index is 2.29. The van der Waals surface area contributed by atoms with E-state index in [9.17, 15) is 9.59 Å². The van der Waals surface area contributed by atoms with Crippen LogP contribution in [0.15, 0.2) is 0 Å². The van der Waals surface area contributed by atoms with Crippen molar-refractivity contribution in [3.05, 3.63) is 0 Å². The summed E-state index contributed by atoms with van der Waals surface area (Å²) in [6, 6.07) is 0.163. The zero-order valence-electron chi connectivity index (χ0n) is 11.4. The maximum atomic E-state index is 12.1. The van der Waals surface area contributed by atoms with Crippen LogP contribution in [0.5, 0.6) is 0 Å². The molecular formula is C13H24N2O3. The second-order valence-electron chi connectivity index (χ2n) is 5.06. The van der Waals surface area contributed by atoms with E-state index in [4.69, 9.17) is 5.73 Å². The molecule has 1 amide bonds. The van der Waals surface area contributed by atoms with Crippen molar-refractivity contribution in [3.63, 3.8) is 0 Å². The van der Waals surface area contributed by atoms with Crippen LogP contribution in [-0.2, 0) is 14.3 Å². The minimum absolute atomic E-state index is 0.0666. The number of hydrogen-bond donors (Lipinski definition) is 1. The molecule has 1 aliphatic carbocycles. The Bertz CT molecular complexity index is 294. The van der Waals surface area contributed by atoms with Gasteiger partial charge in [-0.15, -0.1) is 0 Å². The molecule has 5 nitrogen and oxygen atoms in total. The summed E-state index contributed by atoms with van der Waals surface area (Å²) in [5.74, 6) is 0.00225. The van der Waals surface area contributed by atoms with Crippen LogP contribution >= 0.6 is 0 Å². The molecule has 1 aliphatic rings. The maximum Gasteiger partial charge on any atom is 0.305 e. The third-order valence-electron chi connectivity index (χ3n) is 3.54. The molecule has 0 saturated heterocycles. The predicted molar refractivity (Wildman–Crippen MR) is 68.8 cm³/mol. The number of esters is 1. The Labute approximate surface area is 109 Å². The van der Waals surface area contributed by atoms with Gasteiger partial charge in [0, 0.05) is 32.0 Å². The van der Waals surface area contributed by atoms with Gasteiger partial charge >= 0.3 is 5.97 Å². The molecule has 0 aromatic heterocycles. The van der Waals surface area contributed by atoms with Crippen LogP contribution in [-0.4, -0.2) is 43.5 Å². The van der Waals surface area contributed by atoms with E-state index in [-0.39, 0.29) is 23.8 Å². The fourth-order valence-corrected chi connectivity index (χ4v) is 2.44. The summed E-state index contributed by atoms with van der Waals surface area (Å²) in [6.07, 6.45) is 4.80. The zero-order valence-corrected chi connectivity index (χ0v) is 11.4. The highest BCUT2D eigenvalue weighted by Crippen LogP contribution is 2.24. The molecule has 104 valence electrons. The van der Waals surface area contributed by atoms with E-state index in [1.165, 1.54) is 7.11 Å². The lowest BCUT2D eigenvalue weighted by atomic mass is 9.85. The van der Waals surface area contributed by atoms with E-state index in [1.54, 1.807) is 11.9 Å². The second kappa shape index (κ2) is 7.36. The van der Waals surface area contributed by atoms with Gasteiger partial charge in [-0.3, -0.25) is 9.59 Å². The smallest absolute Gasteiger partial charge is 0.305 e. The van der Waals surface area contributed by atoms with Crippen LogP contribution in [0.1, 0.15) is 38.5 Å². The van der Waals surface area contributed by atoms with Crippen molar-refractivity contribution in [2.75, 3.05) is 20.7 Å². The third-order valence-corrected chi connectivity index (χ3v) is 3.54. The predicted octanol–water partition coefficient (Wildman–Crippen LogP) is 0.915. The number of carbonyl (C=O) groups is 2. The van der Waals surface area contributed by atoms with E-state index >= 15 is 0 Å². The number of ether oxygens (including phenoxy) is 1. The summed E-state index contributed by atoms with van der Waals surface area (Å²) in [5, 5.41) is 0. The normalized spacial score (nSPS) is 23.5. The molecule has 0 bridgehead atoms. The Morgan fingerprint density at radius 3 is 2.72 bits per heavy atom. The first kappa shape index (κ1) is 15.0. The molecule has 5 heteroatoms. The lowest BCUT2D eigenvalue weighted by molar-refractivity contribution is -0.141. The Morgan fingerprint density at radius 1 is 1.39 bits per heavy atom. The quantitative estimate of drug-likeness (QED) is 0.742. The molecule has 2 atom stereocenters. The number of carbonyl (C=O) groups excluding carboxylic acids is 2. The van der Waals surface area contributed by atoms with Crippen molar-refractivity contribution in [2.45, 2.75) is 44.6 Å². The lowest BCUT2D eigenvalue weighted by Gasteiger charge is -2.29. The molecular weight excluding hydrogens is 232 g/mol. The fraction of sp³-hybridized carbons (Fsp3) is 0.846. The van der Waals surface area contributed by atoms with Crippen molar-refractivity contribution >= 4 is 11.9 Å². The van der Waals surface area contributed by atoms with Gasteiger partial charge in [-0.2, -0.15) is 0 Å². The van der Waals surface area contributed by atoms with E-state index in [2.05, 4.69) is 4.74 Å². The Kier molecular flexibility index (Phi) is 6.12. The highest BCUT2D eigenvalue weighted by Gasteiger charge is 2.27. The van der Waals surface area contributed by atoms with Gasteiger partial charge < -0.3 is 15.4 Å². The third kappa shape index (κ3) is 4.64. The number of hydrogen-bond acceptors (Lipinski definition) is 4. The second-order valence-corrected chi connectivity index (χ2v) is 5.06. The van der Waals surface area contributed by atoms with Gasteiger partial charge in [0.15, 0.2) is 0 Å². The molecule has 1 fully saturated rings. The minimum atomic E-state index is -0.226. The fourth-order valence-electron chi connectivity index (χ4n) is 2.44. The topological polar surface area (TPSA) is 72.6 Å². The largest absolute Gasteiger partial charge is 0.469 e. The standard InChI is InChI=1S/C13H24N2O3/c1-15(8-4-7-12(16)18-2)13(17)10-5-3-6-11(14)9-10/h10-11H,3-9,14H2,1-2H3. The molecule has 0 heterocycles. The summed E-state index contributed by atoms with van der Waals surface area (Å²) < 4.78 is 4.56. The summed E-state index contributed by atoms with van der Waals surface area (Å²) in [7, 11) is 3.17. The van der Waals surface area contributed by atoms with Gasteiger partial charge in [-0.05, 0) is 25.7 Å². The molecule has 0 radical (unpaired) electrons. The Morgan fingerprint density at radius 2 is 2.11 bits per heavy atom. The molecule has 0 aromatic rings. The molecule has 2 unspecified atom stereocenters. The van der Waals surface area contributed by atoms with E-state index < -0.39 is 0 Å². The highest BCUT2D eigenvalue weighted by molar-refractivity contribution is 5.78. The molecule has 0 spiro atoms. The minimum Gasteiger partial charge on any atom is -0.469 e. The van der Waals surface area contributed by atoms with Crippen LogP contribution < -0.4 is 5.73 Å². The number of nitrogens with two attached hydrogens (primary N) is 1. The number of amides is 1. The van der Waals surface area contributed by atoms with E-state index in [1.807, 2.05) is 0 Å². The van der Waals surface area contributed by atoms with Crippen LogP contribution in [0.2, 0.25) is 0 Å². The van der Waals surface area contributed by atoms with Crippen molar-refractivity contribution in [2.24, 2.45) is 11.7 Å². The van der Waals surface area contributed by atoms with Gasteiger partial charge in [0.2, 0.25) is 5.91 Å². The van der Waals surface area contributed by atoms with Crippen LogP contribution in [0.4, 0.5) is 0 Å². The SMILES string of the molecule is COC(=O)CCCN(C)C(=O)C1CCCC(N)C1. The monoisotopic (exact) mass is 256 g/mol.